The normalized spacial score (nSPS) is 19.7. The van der Waals surface area contributed by atoms with E-state index >= 15 is 0 Å². The second-order valence-electron chi connectivity index (χ2n) is 5.98. The summed E-state index contributed by atoms with van der Waals surface area (Å²) in [5, 5.41) is 11.8. The third-order valence-electron chi connectivity index (χ3n) is 3.38. The zero-order valence-electron chi connectivity index (χ0n) is 11.0. The number of carboxylic acids is 1. The monoisotopic (exact) mass is 241 g/mol. The average Bonchev–Trinajstić information content (AvgIpc) is 2.24. The third kappa shape index (κ3) is 4.02. The van der Waals surface area contributed by atoms with Crippen LogP contribution in [-0.2, 0) is 9.59 Å². The summed E-state index contributed by atoms with van der Waals surface area (Å²) in [6.45, 7) is 5.48. The molecule has 0 heterocycles. The Morgan fingerprint density at radius 3 is 2.12 bits per heavy atom. The lowest BCUT2D eigenvalue weighted by atomic mass is 9.84. The van der Waals surface area contributed by atoms with E-state index in [2.05, 4.69) is 5.32 Å². The fourth-order valence-corrected chi connectivity index (χ4v) is 2.27. The molecule has 17 heavy (non-hydrogen) atoms. The molecule has 1 aliphatic carbocycles. The Morgan fingerprint density at radius 2 is 1.71 bits per heavy atom. The number of carbonyl (C=O) groups is 2. The molecular weight excluding hydrogens is 218 g/mol. The van der Waals surface area contributed by atoms with E-state index in [-0.39, 0.29) is 11.8 Å². The maximum absolute atomic E-state index is 12.0. The molecule has 0 aromatic heterocycles. The van der Waals surface area contributed by atoms with Crippen LogP contribution in [0.25, 0.3) is 0 Å². The molecule has 1 amide bonds. The topological polar surface area (TPSA) is 66.4 Å². The van der Waals surface area contributed by atoms with Gasteiger partial charge in [0.25, 0.3) is 0 Å². The maximum Gasteiger partial charge on any atom is 0.326 e. The Bertz CT molecular complexity index is 288. The van der Waals surface area contributed by atoms with Crippen molar-refractivity contribution in [2.75, 3.05) is 0 Å². The smallest absolute Gasteiger partial charge is 0.326 e. The highest BCUT2D eigenvalue weighted by atomic mass is 16.4. The number of hydrogen-bond donors (Lipinski definition) is 2. The molecule has 0 radical (unpaired) electrons. The van der Waals surface area contributed by atoms with Crippen molar-refractivity contribution < 1.29 is 14.7 Å². The van der Waals surface area contributed by atoms with E-state index in [1.165, 1.54) is 6.42 Å². The molecule has 0 aromatic rings. The molecule has 4 nitrogen and oxygen atoms in total. The van der Waals surface area contributed by atoms with Crippen molar-refractivity contribution in [2.24, 2.45) is 11.3 Å². The van der Waals surface area contributed by atoms with Crippen LogP contribution in [0.3, 0.4) is 0 Å². The van der Waals surface area contributed by atoms with Crippen LogP contribution < -0.4 is 5.32 Å². The number of carboxylic acid groups (broad SMARTS) is 1. The largest absolute Gasteiger partial charge is 0.480 e. The zero-order chi connectivity index (χ0) is 13.1. The van der Waals surface area contributed by atoms with Crippen LogP contribution >= 0.6 is 0 Å². The van der Waals surface area contributed by atoms with Crippen molar-refractivity contribution in [3.63, 3.8) is 0 Å². The number of carbonyl (C=O) groups excluding carboxylic acids is 1. The molecular formula is C13H23NO3. The minimum atomic E-state index is -0.957. The first kappa shape index (κ1) is 14.0. The molecule has 1 aliphatic rings. The van der Waals surface area contributed by atoms with Gasteiger partial charge in [0.15, 0.2) is 0 Å². The summed E-state index contributed by atoms with van der Waals surface area (Å²) in [5.74, 6) is -1.04. The Hall–Kier alpha value is -1.06. The molecule has 0 aromatic carbocycles. The van der Waals surface area contributed by atoms with Crippen molar-refractivity contribution in [1.82, 2.24) is 5.32 Å². The lowest BCUT2D eigenvalue weighted by molar-refractivity contribution is -0.145. The summed E-state index contributed by atoms with van der Waals surface area (Å²) in [6.07, 6.45) is 5.12. The predicted octanol–water partition coefficient (Wildman–Crippen LogP) is 2.18. The van der Waals surface area contributed by atoms with Crippen LogP contribution in [0.5, 0.6) is 0 Å². The van der Waals surface area contributed by atoms with Crippen LogP contribution in [0.15, 0.2) is 0 Å². The number of amides is 1. The molecule has 0 spiro atoms. The summed E-state index contributed by atoms with van der Waals surface area (Å²) in [5.41, 5.74) is -0.462. The van der Waals surface area contributed by atoms with E-state index in [0.717, 1.165) is 25.7 Å². The third-order valence-corrected chi connectivity index (χ3v) is 3.38. The van der Waals surface area contributed by atoms with Crippen molar-refractivity contribution in [2.45, 2.75) is 58.9 Å². The van der Waals surface area contributed by atoms with Crippen LogP contribution in [0, 0.1) is 11.3 Å². The number of aliphatic carboxylic acids is 1. The van der Waals surface area contributed by atoms with Crippen molar-refractivity contribution in [1.29, 1.82) is 0 Å². The van der Waals surface area contributed by atoms with Gasteiger partial charge in [-0.3, -0.25) is 4.79 Å². The number of nitrogens with one attached hydrogen (secondary N) is 1. The number of hydrogen-bond acceptors (Lipinski definition) is 2. The van der Waals surface area contributed by atoms with Crippen LogP contribution in [0.4, 0.5) is 0 Å². The standard InChI is InChI=1S/C13H23NO3/c1-13(2,3)10(12(16)17)14-11(15)9-7-5-4-6-8-9/h9-10H,4-8H2,1-3H3,(H,14,15)(H,16,17). The maximum atomic E-state index is 12.0. The van der Waals surface area contributed by atoms with E-state index in [1.807, 2.05) is 20.8 Å². The lowest BCUT2D eigenvalue weighted by Crippen LogP contribution is -2.51. The van der Waals surface area contributed by atoms with Gasteiger partial charge in [-0.1, -0.05) is 40.0 Å². The minimum Gasteiger partial charge on any atom is -0.480 e. The molecule has 1 saturated carbocycles. The Morgan fingerprint density at radius 1 is 1.18 bits per heavy atom. The van der Waals surface area contributed by atoms with E-state index < -0.39 is 17.4 Å². The van der Waals surface area contributed by atoms with E-state index in [1.54, 1.807) is 0 Å². The van der Waals surface area contributed by atoms with Gasteiger partial charge in [0, 0.05) is 5.92 Å². The zero-order valence-corrected chi connectivity index (χ0v) is 11.0. The summed E-state index contributed by atoms with van der Waals surface area (Å²) in [6, 6.07) is -0.808. The average molecular weight is 241 g/mol. The Kier molecular flexibility index (Phi) is 4.54. The summed E-state index contributed by atoms with van der Waals surface area (Å²) < 4.78 is 0. The van der Waals surface area contributed by atoms with Gasteiger partial charge in [-0.25, -0.2) is 4.79 Å². The molecule has 0 aliphatic heterocycles. The number of rotatable bonds is 3. The van der Waals surface area contributed by atoms with Crippen molar-refractivity contribution >= 4 is 11.9 Å². The molecule has 0 bridgehead atoms. The fourth-order valence-electron chi connectivity index (χ4n) is 2.27. The molecule has 0 saturated heterocycles. The SMILES string of the molecule is CC(C)(C)C(NC(=O)C1CCCCC1)C(=O)O. The van der Waals surface area contributed by atoms with Gasteiger partial charge in [-0.2, -0.15) is 0 Å². The Balaban J connectivity index is 2.60. The van der Waals surface area contributed by atoms with Gasteiger partial charge in [-0.05, 0) is 18.3 Å². The van der Waals surface area contributed by atoms with Crippen molar-refractivity contribution in [3.05, 3.63) is 0 Å². The van der Waals surface area contributed by atoms with Crippen LogP contribution in [0.2, 0.25) is 0 Å². The molecule has 1 fully saturated rings. The first-order valence-electron chi connectivity index (χ1n) is 6.35. The second kappa shape index (κ2) is 5.52. The highest BCUT2D eigenvalue weighted by Gasteiger charge is 2.34. The molecule has 1 atom stereocenters. The highest BCUT2D eigenvalue weighted by Crippen LogP contribution is 2.25. The highest BCUT2D eigenvalue weighted by molar-refractivity contribution is 5.85. The Labute approximate surface area is 103 Å². The molecule has 2 N–H and O–H groups in total. The predicted molar refractivity (Wildman–Crippen MR) is 65.6 cm³/mol. The van der Waals surface area contributed by atoms with Gasteiger partial charge in [-0.15, -0.1) is 0 Å². The quantitative estimate of drug-likeness (QED) is 0.796. The summed E-state index contributed by atoms with van der Waals surface area (Å²) in [7, 11) is 0. The van der Waals surface area contributed by atoms with E-state index in [0.29, 0.717) is 0 Å². The van der Waals surface area contributed by atoms with Gasteiger partial charge in [0.05, 0.1) is 0 Å². The molecule has 4 heteroatoms. The summed E-state index contributed by atoms with van der Waals surface area (Å²) >= 11 is 0. The minimum absolute atomic E-state index is 0.00736. The van der Waals surface area contributed by atoms with Gasteiger partial charge < -0.3 is 10.4 Å². The van der Waals surface area contributed by atoms with Gasteiger partial charge in [0.1, 0.15) is 6.04 Å². The first-order chi connectivity index (χ1) is 7.82. The second-order valence-corrected chi connectivity index (χ2v) is 5.98. The molecule has 1 rings (SSSR count). The first-order valence-corrected chi connectivity index (χ1v) is 6.35. The van der Waals surface area contributed by atoms with E-state index in [9.17, 15) is 9.59 Å². The van der Waals surface area contributed by atoms with Gasteiger partial charge in [0.2, 0.25) is 5.91 Å². The van der Waals surface area contributed by atoms with Crippen LogP contribution in [-0.4, -0.2) is 23.0 Å². The molecule has 1 unspecified atom stereocenters. The lowest BCUT2D eigenvalue weighted by Gasteiger charge is -2.30. The molecule has 98 valence electrons. The van der Waals surface area contributed by atoms with Crippen molar-refractivity contribution in [3.8, 4) is 0 Å². The van der Waals surface area contributed by atoms with Gasteiger partial charge >= 0.3 is 5.97 Å². The fraction of sp³-hybridized carbons (Fsp3) is 0.846. The van der Waals surface area contributed by atoms with E-state index in [4.69, 9.17) is 5.11 Å². The van der Waals surface area contributed by atoms with Crippen LogP contribution in [0.1, 0.15) is 52.9 Å². The summed E-state index contributed by atoms with van der Waals surface area (Å²) in [4.78, 5) is 23.1.